The number of nitrogens with zero attached hydrogens (tertiary/aromatic N) is 1. The van der Waals surface area contributed by atoms with E-state index in [1.807, 2.05) is 0 Å². The minimum absolute atomic E-state index is 0.818. The molecule has 2 heteroatoms. The Kier molecular flexibility index (Phi) is 13.4. The first-order valence-corrected chi connectivity index (χ1v) is 9.11. The van der Waals surface area contributed by atoms with Gasteiger partial charge >= 0.3 is 0 Å². The lowest BCUT2D eigenvalue weighted by Gasteiger charge is -2.35. The molecule has 1 nitrogen and oxygen atoms in total. The predicted octanol–water partition coefficient (Wildman–Crippen LogP) is 5.61. The Balaban J connectivity index is 3.88. The highest BCUT2D eigenvalue weighted by Gasteiger charge is 2.19. The van der Waals surface area contributed by atoms with E-state index in [1.165, 1.54) is 88.3 Å². The number of halogens is 1. The average molecular weight is 291 g/mol. The Morgan fingerprint density at radius 3 is 1.53 bits per heavy atom. The zero-order chi connectivity index (χ0) is 14.4. The summed E-state index contributed by atoms with van der Waals surface area (Å²) in [5.41, 5.74) is 0. The smallest absolute Gasteiger partial charge is 0.0796 e. The van der Waals surface area contributed by atoms with Gasteiger partial charge in [0, 0.05) is 12.3 Å². The van der Waals surface area contributed by atoms with Crippen molar-refractivity contribution in [1.82, 2.24) is 0 Å². The molecule has 0 radical (unpaired) electrons. The van der Waals surface area contributed by atoms with Gasteiger partial charge < -0.3 is 4.48 Å². The van der Waals surface area contributed by atoms with Crippen molar-refractivity contribution in [3.05, 3.63) is 0 Å². The Morgan fingerprint density at radius 1 is 0.632 bits per heavy atom. The Bertz CT molecular complexity index is 184. The van der Waals surface area contributed by atoms with Crippen LogP contribution < -0.4 is 0 Å². The molecule has 0 saturated heterocycles. The predicted molar refractivity (Wildman–Crippen MR) is 89.0 cm³/mol. The van der Waals surface area contributed by atoms with Gasteiger partial charge in [-0.1, -0.05) is 46.0 Å². The quantitative estimate of drug-likeness (QED) is 0.221. The largest absolute Gasteiger partial charge is 0.326 e. The van der Waals surface area contributed by atoms with Gasteiger partial charge in [0.1, 0.15) is 0 Å². The normalized spacial score (nSPS) is 14.5. The fraction of sp³-hybridized carbons (Fsp3) is 1.00. The highest BCUT2D eigenvalue weighted by atomic mass is 35.5. The van der Waals surface area contributed by atoms with Gasteiger partial charge in [0.25, 0.3) is 0 Å². The first-order valence-electron chi connectivity index (χ1n) is 8.58. The second-order valence-electron chi connectivity index (χ2n) is 6.31. The maximum Gasteiger partial charge on any atom is 0.0796 e. The number of alkyl halides is 1. The molecule has 0 aliphatic rings. The summed E-state index contributed by atoms with van der Waals surface area (Å²) in [7, 11) is 2.44. The molecule has 0 amide bonds. The molecule has 0 aromatic carbocycles. The van der Waals surface area contributed by atoms with Crippen LogP contribution in [0.15, 0.2) is 0 Å². The molecule has 116 valence electrons. The molecule has 0 aliphatic carbocycles. The number of hydrogen-bond acceptors (Lipinski definition) is 0. The van der Waals surface area contributed by atoms with E-state index in [9.17, 15) is 0 Å². The molecule has 1 unspecified atom stereocenters. The highest BCUT2D eigenvalue weighted by Crippen LogP contribution is 2.13. The Hall–Kier alpha value is 0.250. The van der Waals surface area contributed by atoms with Crippen molar-refractivity contribution in [2.45, 2.75) is 78.1 Å². The Labute approximate surface area is 127 Å². The lowest BCUT2D eigenvalue weighted by Crippen LogP contribution is -2.46. The maximum atomic E-state index is 5.88. The number of hydrogen-bond donors (Lipinski definition) is 0. The van der Waals surface area contributed by atoms with Crippen molar-refractivity contribution >= 4 is 11.6 Å². The van der Waals surface area contributed by atoms with Crippen LogP contribution in [-0.2, 0) is 0 Å². The van der Waals surface area contributed by atoms with Crippen LogP contribution in [-0.4, -0.2) is 37.0 Å². The zero-order valence-electron chi connectivity index (χ0n) is 13.7. The van der Waals surface area contributed by atoms with E-state index in [2.05, 4.69) is 20.9 Å². The van der Waals surface area contributed by atoms with E-state index in [0.29, 0.717) is 0 Å². The number of rotatable bonds is 14. The first-order chi connectivity index (χ1) is 9.18. The van der Waals surface area contributed by atoms with E-state index in [-0.39, 0.29) is 0 Å². The van der Waals surface area contributed by atoms with Crippen molar-refractivity contribution in [1.29, 1.82) is 0 Å². The number of quaternary nitrogens is 1. The minimum Gasteiger partial charge on any atom is -0.326 e. The SMILES string of the molecule is CCCCCCC[N+](C)(CCCCl)CCCCCC. The monoisotopic (exact) mass is 290 g/mol. The van der Waals surface area contributed by atoms with Crippen molar-refractivity contribution < 1.29 is 4.48 Å². The topological polar surface area (TPSA) is 0 Å². The molecule has 0 aromatic heterocycles. The van der Waals surface area contributed by atoms with Gasteiger partial charge in [-0.15, -0.1) is 11.6 Å². The van der Waals surface area contributed by atoms with Crippen molar-refractivity contribution in [3.63, 3.8) is 0 Å². The van der Waals surface area contributed by atoms with Crippen LogP contribution in [0.5, 0.6) is 0 Å². The van der Waals surface area contributed by atoms with E-state index in [1.54, 1.807) is 0 Å². The van der Waals surface area contributed by atoms with Crippen LogP contribution in [0.2, 0.25) is 0 Å². The van der Waals surface area contributed by atoms with E-state index in [4.69, 9.17) is 11.6 Å². The van der Waals surface area contributed by atoms with Crippen LogP contribution in [0.1, 0.15) is 78.1 Å². The average Bonchev–Trinajstić information content (AvgIpc) is 2.41. The summed E-state index contributed by atoms with van der Waals surface area (Å²) in [6.45, 7) is 8.55. The third-order valence-corrected chi connectivity index (χ3v) is 4.45. The van der Waals surface area contributed by atoms with Gasteiger partial charge in [-0.25, -0.2) is 0 Å². The van der Waals surface area contributed by atoms with Gasteiger partial charge in [0.15, 0.2) is 0 Å². The highest BCUT2D eigenvalue weighted by molar-refractivity contribution is 6.17. The fourth-order valence-corrected chi connectivity index (χ4v) is 2.91. The molecular weight excluding hydrogens is 254 g/mol. The molecule has 0 fully saturated rings. The van der Waals surface area contributed by atoms with Crippen molar-refractivity contribution in [3.8, 4) is 0 Å². The summed E-state index contributed by atoms with van der Waals surface area (Å²) < 4.78 is 1.25. The van der Waals surface area contributed by atoms with E-state index >= 15 is 0 Å². The number of unbranched alkanes of at least 4 members (excludes halogenated alkanes) is 7. The van der Waals surface area contributed by atoms with Crippen LogP contribution in [0, 0.1) is 0 Å². The minimum atomic E-state index is 0.818. The molecule has 0 saturated carbocycles. The summed E-state index contributed by atoms with van der Waals surface area (Å²) in [6, 6.07) is 0. The molecule has 0 aliphatic heterocycles. The zero-order valence-corrected chi connectivity index (χ0v) is 14.5. The lowest BCUT2D eigenvalue weighted by atomic mass is 10.1. The van der Waals surface area contributed by atoms with Crippen LogP contribution >= 0.6 is 11.6 Å². The van der Waals surface area contributed by atoms with Gasteiger partial charge in [-0.3, -0.25) is 0 Å². The van der Waals surface area contributed by atoms with Crippen molar-refractivity contribution in [2.75, 3.05) is 32.6 Å². The lowest BCUT2D eigenvalue weighted by molar-refractivity contribution is -0.910. The van der Waals surface area contributed by atoms with Gasteiger partial charge in [0.2, 0.25) is 0 Å². The molecular formula is C17H37ClN+. The van der Waals surface area contributed by atoms with Crippen LogP contribution in [0.3, 0.4) is 0 Å². The van der Waals surface area contributed by atoms with E-state index < -0.39 is 0 Å². The summed E-state index contributed by atoms with van der Waals surface area (Å²) in [5.74, 6) is 0.818. The molecule has 1 atom stereocenters. The Morgan fingerprint density at radius 2 is 1.05 bits per heavy atom. The summed E-state index contributed by atoms with van der Waals surface area (Å²) in [6.07, 6.45) is 13.7. The van der Waals surface area contributed by atoms with Crippen LogP contribution in [0.4, 0.5) is 0 Å². The third kappa shape index (κ3) is 11.8. The second-order valence-corrected chi connectivity index (χ2v) is 6.69. The first kappa shape index (κ1) is 19.2. The van der Waals surface area contributed by atoms with E-state index in [0.717, 1.165) is 5.88 Å². The second kappa shape index (κ2) is 13.2. The third-order valence-electron chi connectivity index (χ3n) is 4.18. The molecule has 0 heterocycles. The summed E-state index contributed by atoms with van der Waals surface area (Å²) in [5, 5.41) is 0. The van der Waals surface area contributed by atoms with Gasteiger partial charge in [-0.2, -0.15) is 0 Å². The molecule has 19 heavy (non-hydrogen) atoms. The van der Waals surface area contributed by atoms with Crippen LogP contribution in [0.25, 0.3) is 0 Å². The summed E-state index contributed by atoms with van der Waals surface area (Å²) >= 11 is 5.88. The maximum absolute atomic E-state index is 5.88. The van der Waals surface area contributed by atoms with Crippen molar-refractivity contribution in [2.24, 2.45) is 0 Å². The molecule has 0 bridgehead atoms. The standard InChI is InChI=1S/C17H37ClN/c1-4-6-8-10-12-16-19(3,17-13-14-18)15-11-9-7-5-2/h4-17H2,1-3H3/q+1. The molecule has 0 aromatic rings. The van der Waals surface area contributed by atoms with Gasteiger partial charge in [-0.05, 0) is 25.7 Å². The summed E-state index contributed by atoms with van der Waals surface area (Å²) in [4.78, 5) is 0. The molecule has 0 spiro atoms. The molecule has 0 rings (SSSR count). The van der Waals surface area contributed by atoms with Gasteiger partial charge in [0.05, 0.1) is 26.7 Å². The fourth-order valence-electron chi connectivity index (χ4n) is 2.79. The molecule has 0 N–H and O–H groups in total.